The number of aliphatic hydroxyl groups excluding tert-OH is 1. The molecule has 1 aliphatic carbocycles. The van der Waals surface area contributed by atoms with E-state index in [1.54, 1.807) is 31.4 Å². The SMILES string of the molecule is COC1C=CC(CNN(C)[P+](=S)Oc2ccc(/C=N\N(C)[P+](=O)Oc3ccc(C(O)P(=O)(O)O)cc3)cc2)CC1. The molecule has 0 radical (unpaired) electrons. The second-order valence-corrected chi connectivity index (χ2v) is 14.0. The number of hydrazone groups is 1. The minimum Gasteiger partial charge on any atom is -0.377 e. The third kappa shape index (κ3) is 10.0. The lowest BCUT2D eigenvalue weighted by atomic mass is 9.94. The number of nitrogens with zero attached hydrogens (tertiary/aromatic N) is 3. The number of ether oxygens (including phenoxy) is 1. The van der Waals surface area contributed by atoms with Gasteiger partial charge in [0.05, 0.1) is 26.4 Å². The Bertz CT molecular complexity index is 1260. The van der Waals surface area contributed by atoms with Crippen LogP contribution in [-0.4, -0.2) is 64.5 Å². The van der Waals surface area contributed by atoms with Gasteiger partial charge in [-0.2, -0.15) is 0 Å². The minimum atomic E-state index is -4.69. The van der Waals surface area contributed by atoms with E-state index >= 15 is 0 Å². The normalized spacial score (nSPS) is 19.0. The molecule has 0 spiro atoms. The van der Waals surface area contributed by atoms with E-state index in [1.165, 1.54) is 37.5 Å². The van der Waals surface area contributed by atoms with Crippen molar-refractivity contribution in [1.29, 1.82) is 0 Å². The van der Waals surface area contributed by atoms with E-state index in [0.29, 0.717) is 11.7 Å². The summed E-state index contributed by atoms with van der Waals surface area (Å²) in [5.41, 5.74) is 4.07. The number of benzene rings is 2. The average Bonchev–Trinajstić information content (AvgIpc) is 2.95. The van der Waals surface area contributed by atoms with Crippen LogP contribution in [0.4, 0.5) is 0 Å². The van der Waals surface area contributed by atoms with Crippen molar-refractivity contribution in [1.82, 2.24) is 15.0 Å². The van der Waals surface area contributed by atoms with Gasteiger partial charge in [0.2, 0.25) is 11.8 Å². The summed E-state index contributed by atoms with van der Waals surface area (Å²) in [5.74, 6) is -0.729. The molecule has 12 nitrogen and oxygen atoms in total. The molecule has 0 aliphatic heterocycles. The van der Waals surface area contributed by atoms with Gasteiger partial charge in [-0.3, -0.25) is 9.09 Å². The first-order valence-corrected chi connectivity index (χ1v) is 17.2. The standard InChI is InChI=1S/C24H31N4O8P3S/c1-27(37(30)35-22-14-8-20(9-15-22)24(29)39(31,32)33)25-16-19-6-12-23(13-7-19)36-38(40)28(2)26-17-18-4-10-21(34-3)11-5-18/h4,6-10,12-16,18,21,24,26,29H,5,11,17H2,1-3H3/p+2/b25-16-. The Morgan fingerprint density at radius 1 is 1.10 bits per heavy atom. The molecule has 5 unspecified atom stereocenters. The van der Waals surface area contributed by atoms with E-state index in [-0.39, 0.29) is 17.4 Å². The number of hydrogen-bond donors (Lipinski definition) is 4. The molecule has 0 fully saturated rings. The lowest BCUT2D eigenvalue weighted by Crippen LogP contribution is -2.34. The molecule has 2 aromatic carbocycles. The van der Waals surface area contributed by atoms with E-state index in [1.807, 2.05) is 11.8 Å². The van der Waals surface area contributed by atoms with Crippen LogP contribution in [-0.2, 0) is 25.7 Å². The highest BCUT2D eigenvalue weighted by Gasteiger charge is 2.30. The van der Waals surface area contributed by atoms with Gasteiger partial charge in [-0.25, -0.2) is 9.95 Å². The monoisotopic (exact) mass is 630 g/mol. The predicted octanol–water partition coefficient (Wildman–Crippen LogP) is 4.43. The Hall–Kier alpha value is -2.14. The first kappa shape index (κ1) is 32.4. The van der Waals surface area contributed by atoms with Crippen molar-refractivity contribution in [3.63, 3.8) is 0 Å². The van der Waals surface area contributed by atoms with Crippen molar-refractivity contribution in [3.8, 4) is 11.5 Å². The topological polar surface area (TPSA) is 153 Å². The smallest absolute Gasteiger partial charge is 0.377 e. The Kier molecular flexibility index (Phi) is 12.3. The van der Waals surface area contributed by atoms with Crippen LogP contribution >= 0.6 is 22.8 Å². The molecule has 4 N–H and O–H groups in total. The van der Waals surface area contributed by atoms with Crippen LogP contribution in [0.1, 0.15) is 29.8 Å². The van der Waals surface area contributed by atoms with Gasteiger partial charge in [0.25, 0.3) is 0 Å². The molecular formula is C24H33N4O8P3S+2. The molecule has 40 heavy (non-hydrogen) atoms. The molecule has 0 amide bonds. The van der Waals surface area contributed by atoms with Gasteiger partial charge in [0, 0.05) is 18.2 Å². The maximum Gasteiger partial charge on any atom is 0.714 e. The van der Waals surface area contributed by atoms with Crippen LogP contribution in [0.2, 0.25) is 0 Å². The summed E-state index contributed by atoms with van der Waals surface area (Å²) in [6.45, 7) is 0.766. The summed E-state index contributed by atoms with van der Waals surface area (Å²) in [6.07, 6.45) is 8.03. The Balaban J connectivity index is 1.45. The van der Waals surface area contributed by atoms with E-state index < -0.39 is 28.7 Å². The zero-order chi connectivity index (χ0) is 29.3. The summed E-state index contributed by atoms with van der Waals surface area (Å²) in [5, 5.41) is 13.8. The second kappa shape index (κ2) is 15.2. The van der Waals surface area contributed by atoms with Crippen molar-refractivity contribution in [3.05, 3.63) is 71.8 Å². The lowest BCUT2D eigenvalue weighted by Gasteiger charge is -2.22. The number of rotatable bonds is 14. The maximum absolute atomic E-state index is 12.4. The summed E-state index contributed by atoms with van der Waals surface area (Å²) >= 11 is 5.52. The minimum absolute atomic E-state index is 0.0131. The third-order valence-electron chi connectivity index (χ3n) is 5.90. The van der Waals surface area contributed by atoms with Crippen molar-refractivity contribution < 1.29 is 37.8 Å². The fourth-order valence-corrected chi connectivity index (χ4v) is 5.70. The summed E-state index contributed by atoms with van der Waals surface area (Å²) < 4.78 is 43.2. The number of aliphatic hydroxyl groups is 1. The summed E-state index contributed by atoms with van der Waals surface area (Å²) in [7, 11) is -3.34. The van der Waals surface area contributed by atoms with E-state index in [0.717, 1.165) is 29.7 Å². The fraction of sp³-hybridized carbons (Fsp3) is 0.375. The van der Waals surface area contributed by atoms with Gasteiger partial charge >= 0.3 is 22.8 Å². The van der Waals surface area contributed by atoms with Gasteiger partial charge in [-0.1, -0.05) is 24.3 Å². The van der Waals surface area contributed by atoms with Crippen molar-refractivity contribution >= 4 is 40.9 Å². The molecule has 0 saturated carbocycles. The van der Waals surface area contributed by atoms with Gasteiger partial charge < -0.3 is 19.6 Å². The largest absolute Gasteiger partial charge is 0.714 e. The molecule has 0 saturated heterocycles. The predicted molar refractivity (Wildman–Crippen MR) is 157 cm³/mol. The van der Waals surface area contributed by atoms with Gasteiger partial charge in [-0.15, -0.1) is 5.10 Å². The fourth-order valence-electron chi connectivity index (χ4n) is 3.53. The molecule has 3 rings (SSSR count). The van der Waals surface area contributed by atoms with E-state index in [4.69, 9.17) is 35.4 Å². The van der Waals surface area contributed by atoms with Crippen molar-refractivity contribution in [2.45, 2.75) is 24.8 Å². The number of nitrogens with one attached hydrogen (secondary N) is 1. The van der Waals surface area contributed by atoms with Gasteiger partial charge in [0.15, 0.2) is 17.3 Å². The van der Waals surface area contributed by atoms with Crippen LogP contribution in [0.5, 0.6) is 11.5 Å². The molecule has 1 aliphatic rings. The average molecular weight is 631 g/mol. The highest BCUT2D eigenvalue weighted by atomic mass is 32.4. The number of methoxy groups -OCH3 is 1. The first-order valence-electron chi connectivity index (χ1n) is 12.2. The lowest BCUT2D eigenvalue weighted by molar-refractivity contribution is 0.121. The molecule has 5 atom stereocenters. The summed E-state index contributed by atoms with van der Waals surface area (Å²) in [4.78, 5) is 18.1. The third-order valence-corrected chi connectivity index (χ3v) is 9.74. The molecule has 0 heterocycles. The first-order chi connectivity index (χ1) is 19.0. The Labute approximate surface area is 240 Å². The zero-order valence-corrected chi connectivity index (χ0v) is 25.7. The molecule has 216 valence electrons. The van der Waals surface area contributed by atoms with Crippen molar-refractivity contribution in [2.75, 3.05) is 27.7 Å². The van der Waals surface area contributed by atoms with Gasteiger partial charge in [-0.05, 0) is 75.8 Å². The molecule has 16 heteroatoms. The number of hydrogen-bond acceptors (Lipinski definition) is 9. The molecule has 0 aromatic heterocycles. The highest BCUT2D eigenvalue weighted by Crippen LogP contribution is 2.50. The van der Waals surface area contributed by atoms with Crippen LogP contribution in [0.15, 0.2) is 65.8 Å². The molecule has 0 bridgehead atoms. The van der Waals surface area contributed by atoms with Crippen LogP contribution in [0.25, 0.3) is 0 Å². The van der Waals surface area contributed by atoms with Crippen LogP contribution in [0, 0.1) is 5.92 Å². The van der Waals surface area contributed by atoms with Gasteiger partial charge in [0.1, 0.15) is 0 Å². The van der Waals surface area contributed by atoms with Crippen molar-refractivity contribution in [2.24, 2.45) is 11.0 Å². The zero-order valence-electron chi connectivity index (χ0n) is 22.2. The summed E-state index contributed by atoms with van der Waals surface area (Å²) in [6, 6.07) is 12.4. The Morgan fingerprint density at radius 3 is 2.30 bits per heavy atom. The maximum atomic E-state index is 12.4. The number of hydrazine groups is 1. The molecular weight excluding hydrogens is 597 g/mol. The molecule has 2 aromatic rings. The van der Waals surface area contributed by atoms with E-state index in [9.17, 15) is 14.2 Å². The highest BCUT2D eigenvalue weighted by molar-refractivity contribution is 8.01. The Morgan fingerprint density at radius 2 is 1.73 bits per heavy atom. The second-order valence-electron chi connectivity index (χ2n) is 8.88. The van der Waals surface area contributed by atoms with E-state index in [2.05, 4.69) is 22.7 Å². The quantitative estimate of drug-likeness (QED) is 0.101. The van der Waals surface area contributed by atoms with Crippen LogP contribution < -0.4 is 14.5 Å². The van der Waals surface area contributed by atoms with Crippen LogP contribution in [0.3, 0.4) is 0 Å².